The van der Waals surface area contributed by atoms with Crippen molar-refractivity contribution in [2.75, 3.05) is 0 Å². The van der Waals surface area contributed by atoms with Crippen molar-refractivity contribution >= 4 is 11.0 Å². The number of benzene rings is 2. The van der Waals surface area contributed by atoms with Crippen molar-refractivity contribution in [3.05, 3.63) is 46.6 Å². The van der Waals surface area contributed by atoms with Crippen molar-refractivity contribution in [2.45, 2.75) is 37.6 Å². The number of fused-ring (bicyclic) bond motifs is 1. The summed E-state index contributed by atoms with van der Waals surface area (Å²) in [6.07, 6.45) is -7.11. The molecule has 0 radical (unpaired) electrons. The number of phenolic OH excluding ortho intramolecular Hbond substituents is 3. The Morgan fingerprint density at radius 3 is 2.26 bits per heavy atom. The summed E-state index contributed by atoms with van der Waals surface area (Å²) >= 11 is 0. The molecule has 6 N–H and O–H groups in total. The Bertz CT molecular complexity index is 1170. The van der Waals surface area contributed by atoms with Gasteiger partial charge in [-0.3, -0.25) is 4.79 Å². The molecule has 0 aliphatic carbocycles. The molecule has 1 aliphatic rings. The smallest absolute Gasteiger partial charge is 0.239 e. The van der Waals surface area contributed by atoms with Gasteiger partial charge in [-0.2, -0.15) is 0 Å². The maximum Gasteiger partial charge on any atom is 0.239 e. The topological polar surface area (TPSA) is 170 Å². The van der Waals surface area contributed by atoms with Crippen LogP contribution in [0.15, 0.2) is 45.6 Å². The number of aromatic hydroxyl groups is 3. The summed E-state index contributed by atoms with van der Waals surface area (Å²) in [6.45, 7) is 1.45. The fourth-order valence-corrected chi connectivity index (χ4v) is 3.41. The molecule has 1 aliphatic heterocycles. The van der Waals surface area contributed by atoms with E-state index in [0.717, 1.165) is 12.1 Å². The fourth-order valence-electron chi connectivity index (χ4n) is 3.41. The van der Waals surface area contributed by atoms with Gasteiger partial charge in [0.05, 0.1) is 6.10 Å². The molecular weight excluding hydrogens is 412 g/mol. The molecule has 0 amide bonds. The van der Waals surface area contributed by atoms with Crippen LogP contribution in [0.4, 0.5) is 0 Å². The number of hydrogen-bond acceptors (Lipinski definition) is 10. The SMILES string of the molecule is C[C@@H]1O[C@@H](Oc2c(-c3ccc(O)cc3)oc3cc(O)cc(O)c3c2=O)[C@@H](O)[C@@H](O)[C@@H]1O. The molecule has 1 fully saturated rings. The largest absolute Gasteiger partial charge is 0.508 e. The first kappa shape index (κ1) is 20.9. The molecule has 31 heavy (non-hydrogen) atoms. The van der Waals surface area contributed by atoms with Crippen LogP contribution in [-0.4, -0.2) is 61.3 Å². The predicted molar refractivity (Wildman–Crippen MR) is 106 cm³/mol. The second-order valence-corrected chi connectivity index (χ2v) is 7.27. The molecule has 0 bridgehead atoms. The van der Waals surface area contributed by atoms with Crippen molar-refractivity contribution in [2.24, 2.45) is 0 Å². The summed E-state index contributed by atoms with van der Waals surface area (Å²) in [5.41, 5.74) is -0.661. The van der Waals surface area contributed by atoms with E-state index >= 15 is 0 Å². The summed E-state index contributed by atoms with van der Waals surface area (Å²) in [4.78, 5) is 13.2. The third-order valence-electron chi connectivity index (χ3n) is 5.09. The van der Waals surface area contributed by atoms with E-state index in [0.29, 0.717) is 5.56 Å². The molecule has 0 unspecified atom stereocenters. The number of aliphatic hydroxyl groups is 3. The Labute approximate surface area is 174 Å². The maximum atomic E-state index is 13.2. The highest BCUT2D eigenvalue weighted by Crippen LogP contribution is 2.37. The van der Waals surface area contributed by atoms with Crippen LogP contribution in [0.3, 0.4) is 0 Å². The highest BCUT2D eigenvalue weighted by atomic mass is 16.7. The van der Waals surface area contributed by atoms with Gasteiger partial charge in [-0.1, -0.05) is 0 Å². The normalized spacial score (nSPS) is 26.1. The minimum atomic E-state index is -1.69. The molecule has 3 aromatic rings. The van der Waals surface area contributed by atoms with Crippen molar-refractivity contribution in [3.63, 3.8) is 0 Å². The minimum Gasteiger partial charge on any atom is -0.508 e. The average molecular weight is 432 g/mol. The highest BCUT2D eigenvalue weighted by Gasteiger charge is 2.44. The Morgan fingerprint density at radius 2 is 1.58 bits per heavy atom. The van der Waals surface area contributed by atoms with Gasteiger partial charge < -0.3 is 44.5 Å². The number of phenols is 3. The predicted octanol–water partition coefficient (Wildman–Crippen LogP) is 0.783. The molecule has 1 saturated heterocycles. The summed E-state index contributed by atoms with van der Waals surface area (Å²) in [5, 5.41) is 59.4. The van der Waals surface area contributed by atoms with Gasteiger partial charge in [-0.15, -0.1) is 0 Å². The van der Waals surface area contributed by atoms with E-state index in [-0.39, 0.29) is 28.2 Å². The first-order chi connectivity index (χ1) is 14.7. The van der Waals surface area contributed by atoms with Crippen LogP contribution in [0.5, 0.6) is 23.0 Å². The van der Waals surface area contributed by atoms with E-state index in [4.69, 9.17) is 13.9 Å². The zero-order chi connectivity index (χ0) is 22.4. The standard InChI is InChI=1S/C21H20O10/c1-8-15(25)17(27)18(28)21(29-8)31-20-16(26)14-12(24)6-11(23)7-13(14)30-19(20)9-2-4-10(22)5-3-9/h2-8,15,17-18,21-25,27-28H,1H3/t8-,15+,17-,18-,21-/m0/s1. The summed E-state index contributed by atoms with van der Waals surface area (Å²) in [6, 6.07) is 7.66. The third-order valence-corrected chi connectivity index (χ3v) is 5.09. The monoisotopic (exact) mass is 432 g/mol. The van der Waals surface area contributed by atoms with Gasteiger partial charge in [-0.05, 0) is 31.2 Å². The lowest BCUT2D eigenvalue weighted by Crippen LogP contribution is -2.58. The van der Waals surface area contributed by atoms with E-state index in [1.807, 2.05) is 0 Å². The van der Waals surface area contributed by atoms with Gasteiger partial charge in [0.2, 0.25) is 17.5 Å². The number of hydrogen-bond donors (Lipinski definition) is 6. The number of aliphatic hydroxyl groups excluding tert-OH is 3. The van der Waals surface area contributed by atoms with E-state index < -0.39 is 47.6 Å². The van der Waals surface area contributed by atoms with Crippen LogP contribution in [0.2, 0.25) is 0 Å². The first-order valence-electron chi connectivity index (χ1n) is 9.36. The van der Waals surface area contributed by atoms with Gasteiger partial charge in [0.1, 0.15) is 46.5 Å². The number of rotatable bonds is 3. The van der Waals surface area contributed by atoms with Crippen molar-refractivity contribution < 1.29 is 44.5 Å². The average Bonchev–Trinajstić information content (AvgIpc) is 2.72. The van der Waals surface area contributed by atoms with Gasteiger partial charge in [0.15, 0.2) is 5.76 Å². The van der Waals surface area contributed by atoms with Crippen LogP contribution in [0, 0.1) is 0 Å². The highest BCUT2D eigenvalue weighted by molar-refractivity contribution is 5.88. The summed E-state index contributed by atoms with van der Waals surface area (Å²) in [5.74, 6) is -1.51. The van der Waals surface area contributed by atoms with Gasteiger partial charge in [0.25, 0.3) is 0 Å². The molecule has 10 nitrogen and oxygen atoms in total. The molecule has 2 aromatic carbocycles. The quantitative estimate of drug-likeness (QED) is 0.348. The van der Waals surface area contributed by atoms with Crippen molar-refractivity contribution in [1.82, 2.24) is 0 Å². The Hall–Kier alpha value is -3.31. The molecule has 1 aromatic heterocycles. The third kappa shape index (κ3) is 3.66. The van der Waals surface area contributed by atoms with Gasteiger partial charge >= 0.3 is 0 Å². The molecule has 10 heteroatoms. The number of ether oxygens (including phenoxy) is 2. The van der Waals surface area contributed by atoms with E-state index in [1.54, 1.807) is 0 Å². The van der Waals surface area contributed by atoms with Crippen LogP contribution in [-0.2, 0) is 4.74 Å². The van der Waals surface area contributed by atoms with E-state index in [9.17, 15) is 35.4 Å². The second kappa shape index (κ2) is 7.75. The van der Waals surface area contributed by atoms with Gasteiger partial charge in [0, 0.05) is 17.7 Å². The Kier molecular flexibility index (Phi) is 5.23. The zero-order valence-corrected chi connectivity index (χ0v) is 16.2. The summed E-state index contributed by atoms with van der Waals surface area (Å²) < 4.78 is 16.8. The van der Waals surface area contributed by atoms with E-state index in [2.05, 4.69) is 0 Å². The van der Waals surface area contributed by atoms with Crippen LogP contribution in [0.1, 0.15) is 6.92 Å². The van der Waals surface area contributed by atoms with Crippen molar-refractivity contribution in [1.29, 1.82) is 0 Å². The Balaban J connectivity index is 1.90. The Morgan fingerprint density at radius 1 is 0.903 bits per heavy atom. The lowest BCUT2D eigenvalue weighted by molar-refractivity contribution is -0.268. The van der Waals surface area contributed by atoms with Gasteiger partial charge in [-0.25, -0.2) is 0 Å². The molecule has 164 valence electrons. The molecule has 0 saturated carbocycles. The lowest BCUT2D eigenvalue weighted by Gasteiger charge is -2.38. The van der Waals surface area contributed by atoms with Crippen LogP contribution in [0.25, 0.3) is 22.3 Å². The molecular formula is C21H20O10. The summed E-state index contributed by atoms with van der Waals surface area (Å²) in [7, 11) is 0. The first-order valence-corrected chi connectivity index (χ1v) is 9.36. The molecule has 4 rings (SSSR count). The van der Waals surface area contributed by atoms with Crippen LogP contribution < -0.4 is 10.2 Å². The van der Waals surface area contributed by atoms with Crippen molar-refractivity contribution in [3.8, 4) is 34.3 Å². The van der Waals surface area contributed by atoms with Crippen LogP contribution >= 0.6 is 0 Å². The minimum absolute atomic E-state index is 0.0402. The second-order valence-electron chi connectivity index (χ2n) is 7.27. The lowest BCUT2D eigenvalue weighted by atomic mass is 10.00. The fraction of sp³-hybridized carbons (Fsp3) is 0.286. The maximum absolute atomic E-state index is 13.2. The van der Waals surface area contributed by atoms with E-state index in [1.165, 1.54) is 31.2 Å². The molecule has 2 heterocycles. The zero-order valence-electron chi connectivity index (χ0n) is 16.2. The molecule has 5 atom stereocenters. The molecule has 0 spiro atoms.